The smallest absolute Gasteiger partial charge is 0.374 e. The molecule has 0 saturated carbocycles. The van der Waals surface area contributed by atoms with E-state index in [1.54, 1.807) is 0 Å². The van der Waals surface area contributed by atoms with Gasteiger partial charge in [0.15, 0.2) is 0 Å². The van der Waals surface area contributed by atoms with E-state index in [1.165, 1.54) is 24.1 Å². The second-order valence-corrected chi connectivity index (χ2v) is 6.66. The summed E-state index contributed by atoms with van der Waals surface area (Å²) in [5.41, 5.74) is 5.56. The molecule has 3 atom stereocenters. The monoisotopic (exact) mass is 389 g/mol. The molecule has 2 aliphatic heterocycles. The zero-order valence-electron chi connectivity index (χ0n) is 15.1. The number of piperidine rings is 1. The number of rotatable bonds is 4. The Bertz CT molecular complexity index is 741. The minimum atomic E-state index is -4.57. The Balaban J connectivity index is 1.81. The van der Waals surface area contributed by atoms with Crippen molar-refractivity contribution in [1.82, 2.24) is 25.3 Å². The number of hydrogen-bond donors (Lipinski definition) is 3. The molecule has 2 aliphatic rings. The highest BCUT2D eigenvalue weighted by molar-refractivity contribution is 5.82. The normalized spacial score (nSPS) is 29.7. The first-order valence-corrected chi connectivity index (χ1v) is 8.70. The molecule has 4 N–H and O–H groups in total. The van der Waals surface area contributed by atoms with Gasteiger partial charge in [-0.25, -0.2) is 9.38 Å². The van der Waals surface area contributed by atoms with Gasteiger partial charge in [0.05, 0.1) is 17.8 Å². The van der Waals surface area contributed by atoms with Crippen LogP contribution in [0.5, 0.6) is 0 Å². The van der Waals surface area contributed by atoms with Crippen molar-refractivity contribution in [3.63, 3.8) is 0 Å². The molecule has 3 heterocycles. The first kappa shape index (κ1) is 19.6. The average molecular weight is 389 g/mol. The van der Waals surface area contributed by atoms with E-state index in [0.29, 0.717) is 24.7 Å². The summed E-state index contributed by atoms with van der Waals surface area (Å²) < 4.78 is 55.1. The molecule has 0 amide bonds. The molecule has 150 valence electrons. The van der Waals surface area contributed by atoms with E-state index in [2.05, 4.69) is 20.7 Å². The van der Waals surface area contributed by atoms with Crippen LogP contribution in [0.15, 0.2) is 28.8 Å². The first-order valence-electron chi connectivity index (χ1n) is 8.70. The molecular formula is C16H23F4N7. The average Bonchev–Trinajstić information content (AvgIpc) is 3.11. The van der Waals surface area contributed by atoms with E-state index in [4.69, 9.17) is 5.73 Å². The van der Waals surface area contributed by atoms with Gasteiger partial charge in [0, 0.05) is 32.5 Å². The number of alkyl halides is 4. The lowest BCUT2D eigenvalue weighted by atomic mass is 10.0. The lowest BCUT2D eigenvalue weighted by Gasteiger charge is -2.34. The van der Waals surface area contributed by atoms with Crippen molar-refractivity contribution in [2.24, 2.45) is 10.7 Å². The van der Waals surface area contributed by atoms with Crippen LogP contribution in [0, 0.1) is 0 Å². The van der Waals surface area contributed by atoms with Crippen molar-refractivity contribution in [2.45, 2.75) is 37.5 Å². The van der Waals surface area contributed by atoms with Crippen molar-refractivity contribution in [3.05, 3.63) is 29.4 Å². The Labute approximate surface area is 154 Å². The third kappa shape index (κ3) is 3.79. The lowest BCUT2D eigenvalue weighted by molar-refractivity contribution is -0.0875. The number of likely N-dealkylation sites (tertiary alicyclic amines) is 1. The summed E-state index contributed by atoms with van der Waals surface area (Å²) in [5.74, 6) is -1.91. The molecule has 1 aromatic rings. The Morgan fingerprint density at radius 1 is 1.44 bits per heavy atom. The molecule has 0 bridgehead atoms. The van der Waals surface area contributed by atoms with Crippen molar-refractivity contribution in [3.8, 4) is 0 Å². The molecule has 0 radical (unpaired) electrons. The number of aromatic nitrogens is 2. The number of aliphatic imine (C=N–C) groups is 1. The van der Waals surface area contributed by atoms with Gasteiger partial charge >= 0.3 is 6.18 Å². The fraction of sp³-hybridized carbons (Fsp3) is 0.625. The predicted octanol–water partition coefficient (Wildman–Crippen LogP) is 1.22. The van der Waals surface area contributed by atoms with Gasteiger partial charge < -0.3 is 15.5 Å². The molecule has 1 fully saturated rings. The summed E-state index contributed by atoms with van der Waals surface area (Å²) in [6, 6.07) is -0.442. The molecule has 27 heavy (non-hydrogen) atoms. The minimum absolute atomic E-state index is 0.285. The zero-order valence-corrected chi connectivity index (χ0v) is 15.1. The maximum absolute atomic E-state index is 14.5. The number of hydrogen-bond acceptors (Lipinski definition) is 6. The van der Waals surface area contributed by atoms with Crippen LogP contribution in [-0.4, -0.2) is 59.9 Å². The summed E-state index contributed by atoms with van der Waals surface area (Å²) in [4.78, 5) is 5.87. The Morgan fingerprint density at radius 3 is 2.78 bits per heavy atom. The Morgan fingerprint density at radius 2 is 2.19 bits per heavy atom. The molecular weight excluding hydrogens is 366 g/mol. The van der Waals surface area contributed by atoms with Crippen LogP contribution in [-0.2, 0) is 5.79 Å². The fourth-order valence-electron chi connectivity index (χ4n) is 3.34. The number of allylic oxidation sites excluding steroid dienone is 1. The molecule has 1 aromatic heterocycles. The summed E-state index contributed by atoms with van der Waals surface area (Å²) in [6.07, 6.45) is -1.45. The van der Waals surface area contributed by atoms with Crippen LogP contribution in [0.1, 0.15) is 24.9 Å². The van der Waals surface area contributed by atoms with Gasteiger partial charge in [-0.05, 0) is 13.0 Å². The Kier molecular flexibility index (Phi) is 5.17. The summed E-state index contributed by atoms with van der Waals surface area (Å²) >= 11 is 0. The van der Waals surface area contributed by atoms with Crippen LogP contribution in [0.2, 0.25) is 0 Å². The zero-order chi connectivity index (χ0) is 19.8. The third-order valence-corrected chi connectivity index (χ3v) is 4.96. The van der Waals surface area contributed by atoms with Gasteiger partial charge in [0.2, 0.25) is 5.79 Å². The van der Waals surface area contributed by atoms with Crippen molar-refractivity contribution in [2.75, 3.05) is 26.7 Å². The summed E-state index contributed by atoms with van der Waals surface area (Å²) in [7, 11) is 1.35. The molecule has 0 spiro atoms. The molecule has 0 aliphatic carbocycles. The number of nitrogens with zero attached hydrogens (tertiary/aromatic N) is 4. The maximum Gasteiger partial charge on any atom is 0.421 e. The van der Waals surface area contributed by atoms with Gasteiger partial charge in [0.25, 0.3) is 0 Å². The fourth-order valence-corrected chi connectivity index (χ4v) is 3.34. The van der Waals surface area contributed by atoms with E-state index in [-0.39, 0.29) is 5.82 Å². The SMILES string of the molecule is CCN1CC[C@@H](n2cc(C3(N)N=CC(C(F)(F)F)=C(NC)N3)cn2)[C@H](F)C1. The second kappa shape index (κ2) is 7.12. The van der Waals surface area contributed by atoms with Gasteiger partial charge in [-0.3, -0.25) is 10.4 Å². The van der Waals surface area contributed by atoms with Gasteiger partial charge in [-0.1, -0.05) is 6.92 Å². The first-order chi connectivity index (χ1) is 12.7. The van der Waals surface area contributed by atoms with Crippen molar-refractivity contribution >= 4 is 6.21 Å². The summed E-state index contributed by atoms with van der Waals surface area (Å²) in [6.45, 7) is 3.83. The Hall–Kier alpha value is -2.14. The van der Waals surface area contributed by atoms with E-state index in [0.717, 1.165) is 13.1 Å². The van der Waals surface area contributed by atoms with E-state index in [9.17, 15) is 17.6 Å². The molecule has 11 heteroatoms. The van der Waals surface area contributed by atoms with E-state index >= 15 is 0 Å². The molecule has 0 aromatic carbocycles. The quantitative estimate of drug-likeness (QED) is 0.675. The van der Waals surface area contributed by atoms with Crippen LogP contribution < -0.4 is 16.4 Å². The molecule has 1 unspecified atom stereocenters. The van der Waals surface area contributed by atoms with Crippen LogP contribution in [0.3, 0.4) is 0 Å². The topological polar surface area (TPSA) is 83.5 Å². The van der Waals surface area contributed by atoms with E-state index in [1.807, 2.05) is 11.8 Å². The second-order valence-electron chi connectivity index (χ2n) is 6.66. The highest BCUT2D eigenvalue weighted by atomic mass is 19.4. The minimum Gasteiger partial charge on any atom is -0.374 e. The highest BCUT2D eigenvalue weighted by Gasteiger charge is 2.42. The van der Waals surface area contributed by atoms with Crippen LogP contribution >= 0.6 is 0 Å². The van der Waals surface area contributed by atoms with Gasteiger partial charge in [-0.2, -0.15) is 18.3 Å². The van der Waals surface area contributed by atoms with Crippen LogP contribution in [0.4, 0.5) is 17.6 Å². The number of nitrogens with one attached hydrogen (secondary N) is 2. The van der Waals surface area contributed by atoms with E-state index < -0.39 is 29.7 Å². The largest absolute Gasteiger partial charge is 0.421 e. The highest BCUT2D eigenvalue weighted by Crippen LogP contribution is 2.32. The predicted molar refractivity (Wildman–Crippen MR) is 92.5 cm³/mol. The maximum atomic E-state index is 14.5. The molecule has 3 rings (SSSR count). The molecule has 7 nitrogen and oxygen atoms in total. The van der Waals surface area contributed by atoms with Crippen molar-refractivity contribution in [1.29, 1.82) is 0 Å². The summed E-state index contributed by atoms with van der Waals surface area (Å²) in [5, 5.41) is 9.21. The standard InChI is InChI=1S/C16H23F4N7/c1-3-26-5-4-13(12(17)9-26)27-8-10(6-24-27)16(21)23-7-11(15(18,19)20)14(22-2)25-16/h6-8,12-13,22,25H,3-5,9,21H2,1-2H3/t12-,13-,16?/m1/s1. The van der Waals surface area contributed by atoms with Gasteiger partial charge in [-0.15, -0.1) is 0 Å². The molecule has 1 saturated heterocycles. The lowest BCUT2D eigenvalue weighted by Crippen LogP contribution is -2.53. The van der Waals surface area contributed by atoms with Crippen LogP contribution in [0.25, 0.3) is 0 Å². The number of halogens is 4. The van der Waals surface area contributed by atoms with Crippen molar-refractivity contribution < 1.29 is 17.6 Å². The third-order valence-electron chi connectivity index (χ3n) is 4.96. The number of nitrogens with two attached hydrogens (primary N) is 1. The van der Waals surface area contributed by atoms with Gasteiger partial charge in [0.1, 0.15) is 17.6 Å².